The number of ether oxygens (including phenoxy) is 1. The summed E-state index contributed by atoms with van der Waals surface area (Å²) in [7, 11) is 0. The summed E-state index contributed by atoms with van der Waals surface area (Å²) in [6.07, 6.45) is 7.52. The number of amides is 2. The maximum atomic E-state index is 13.2. The molecule has 35 heavy (non-hydrogen) atoms. The molecule has 3 aromatic carbocycles. The van der Waals surface area contributed by atoms with Crippen LogP contribution in [0.5, 0.6) is 5.75 Å². The Morgan fingerprint density at radius 2 is 1.77 bits per heavy atom. The molecule has 1 saturated heterocycles. The standard InChI is InChI=1S/C29H26N2O3S/c30-17-22-11-4-5-12-23(22)19-34-26-15-14-21-10-6-7-13-24(21)25(26)16-27-28(32)31(29(33)35-27)18-20-8-2-1-3-9-20/h4-7,10-16,20H,1-3,8-9,18-19H2/b27-16+. The first kappa shape index (κ1) is 23.2. The molecule has 0 N–H and O–H groups in total. The van der Waals surface area contributed by atoms with Crippen molar-refractivity contribution in [1.82, 2.24) is 4.90 Å². The summed E-state index contributed by atoms with van der Waals surface area (Å²) < 4.78 is 6.18. The highest BCUT2D eigenvalue weighted by molar-refractivity contribution is 8.18. The Morgan fingerprint density at radius 3 is 2.60 bits per heavy atom. The van der Waals surface area contributed by atoms with Gasteiger partial charge in [-0.3, -0.25) is 14.5 Å². The van der Waals surface area contributed by atoms with Crippen molar-refractivity contribution in [3.05, 3.63) is 82.3 Å². The van der Waals surface area contributed by atoms with Crippen molar-refractivity contribution in [3.8, 4) is 11.8 Å². The second-order valence-corrected chi connectivity index (χ2v) is 10.0. The SMILES string of the molecule is N#Cc1ccccc1COc1ccc2ccccc2c1/C=C1/SC(=O)N(CC2CCCCC2)C1=O. The first-order chi connectivity index (χ1) is 17.1. The number of hydrogen-bond acceptors (Lipinski definition) is 5. The van der Waals surface area contributed by atoms with Crippen LogP contribution >= 0.6 is 11.8 Å². The Kier molecular flexibility index (Phi) is 6.87. The Morgan fingerprint density at radius 1 is 1.00 bits per heavy atom. The molecule has 3 aromatic rings. The van der Waals surface area contributed by atoms with E-state index < -0.39 is 0 Å². The fourth-order valence-corrected chi connectivity index (χ4v) is 5.71. The first-order valence-corrected chi connectivity index (χ1v) is 12.8. The zero-order valence-electron chi connectivity index (χ0n) is 19.4. The third kappa shape index (κ3) is 4.96. The molecule has 2 aliphatic rings. The third-order valence-corrected chi connectivity index (χ3v) is 7.67. The molecule has 5 nitrogen and oxygen atoms in total. The highest BCUT2D eigenvalue weighted by Crippen LogP contribution is 2.38. The summed E-state index contributed by atoms with van der Waals surface area (Å²) in [6, 6.07) is 21.3. The quantitative estimate of drug-likeness (QED) is 0.357. The minimum atomic E-state index is -0.223. The molecule has 0 unspecified atom stereocenters. The number of benzene rings is 3. The summed E-state index contributed by atoms with van der Waals surface area (Å²) in [5.74, 6) is 0.781. The van der Waals surface area contributed by atoms with Gasteiger partial charge in [0.2, 0.25) is 0 Å². The van der Waals surface area contributed by atoms with Crippen LogP contribution in [-0.2, 0) is 11.4 Å². The van der Waals surface area contributed by atoms with Gasteiger partial charge in [-0.05, 0) is 59.5 Å². The van der Waals surface area contributed by atoms with E-state index in [9.17, 15) is 14.9 Å². The fourth-order valence-electron chi connectivity index (χ4n) is 4.88. The number of thioether (sulfide) groups is 1. The van der Waals surface area contributed by atoms with Gasteiger partial charge in [-0.1, -0.05) is 67.8 Å². The van der Waals surface area contributed by atoms with Gasteiger partial charge < -0.3 is 4.74 Å². The van der Waals surface area contributed by atoms with Crippen LogP contribution in [-0.4, -0.2) is 22.6 Å². The van der Waals surface area contributed by atoms with Crippen LogP contribution in [0.1, 0.15) is 48.8 Å². The molecule has 176 valence electrons. The van der Waals surface area contributed by atoms with Crippen molar-refractivity contribution < 1.29 is 14.3 Å². The molecule has 0 radical (unpaired) electrons. The number of carbonyl (C=O) groups excluding carboxylic acids is 2. The monoisotopic (exact) mass is 482 g/mol. The van der Waals surface area contributed by atoms with E-state index in [0.29, 0.717) is 28.7 Å². The molecule has 1 aliphatic heterocycles. The Bertz CT molecular complexity index is 1350. The number of fused-ring (bicyclic) bond motifs is 1. The van der Waals surface area contributed by atoms with Crippen molar-refractivity contribution in [3.63, 3.8) is 0 Å². The lowest BCUT2D eigenvalue weighted by Gasteiger charge is -2.25. The van der Waals surface area contributed by atoms with Crippen LogP contribution in [0.4, 0.5) is 4.79 Å². The van der Waals surface area contributed by atoms with E-state index >= 15 is 0 Å². The first-order valence-electron chi connectivity index (χ1n) is 12.0. The van der Waals surface area contributed by atoms with Crippen molar-refractivity contribution in [2.24, 2.45) is 5.92 Å². The second kappa shape index (κ2) is 10.4. The van der Waals surface area contributed by atoms with Crippen LogP contribution in [0, 0.1) is 17.2 Å². The van der Waals surface area contributed by atoms with Crippen LogP contribution in [0.15, 0.2) is 65.6 Å². The molecular formula is C29H26N2O3S. The number of hydrogen-bond donors (Lipinski definition) is 0. The van der Waals surface area contributed by atoms with Gasteiger partial charge in [0.1, 0.15) is 12.4 Å². The van der Waals surface area contributed by atoms with Gasteiger partial charge in [-0.2, -0.15) is 5.26 Å². The minimum absolute atomic E-state index is 0.197. The number of nitrogens with zero attached hydrogens (tertiary/aromatic N) is 2. The van der Waals surface area contributed by atoms with Gasteiger partial charge in [0.05, 0.1) is 16.5 Å². The summed E-state index contributed by atoms with van der Waals surface area (Å²) in [4.78, 5) is 27.8. The zero-order valence-corrected chi connectivity index (χ0v) is 20.2. The van der Waals surface area contributed by atoms with Gasteiger partial charge in [0.25, 0.3) is 11.1 Å². The van der Waals surface area contributed by atoms with Crippen molar-refractivity contribution in [2.45, 2.75) is 38.7 Å². The second-order valence-electron chi connectivity index (χ2n) is 9.05. The minimum Gasteiger partial charge on any atom is -0.488 e. The predicted molar refractivity (Wildman–Crippen MR) is 139 cm³/mol. The number of carbonyl (C=O) groups is 2. The summed E-state index contributed by atoms with van der Waals surface area (Å²) in [6.45, 7) is 0.734. The fraction of sp³-hybridized carbons (Fsp3) is 0.276. The number of rotatable bonds is 6. The van der Waals surface area contributed by atoms with E-state index in [1.165, 1.54) is 24.2 Å². The van der Waals surface area contributed by atoms with Gasteiger partial charge in [0.15, 0.2) is 0 Å². The maximum absolute atomic E-state index is 13.2. The molecule has 0 bridgehead atoms. The van der Waals surface area contributed by atoms with Crippen molar-refractivity contribution in [2.75, 3.05) is 6.54 Å². The third-order valence-electron chi connectivity index (χ3n) is 6.77. The van der Waals surface area contributed by atoms with E-state index in [1.54, 1.807) is 12.1 Å². The molecule has 1 aliphatic carbocycles. The lowest BCUT2D eigenvalue weighted by atomic mass is 9.89. The van der Waals surface area contributed by atoms with Crippen LogP contribution in [0.2, 0.25) is 0 Å². The maximum Gasteiger partial charge on any atom is 0.293 e. The summed E-state index contributed by atoms with van der Waals surface area (Å²) in [5.41, 5.74) is 2.13. The van der Waals surface area contributed by atoms with Gasteiger partial charge in [-0.15, -0.1) is 0 Å². The molecule has 0 atom stereocenters. The van der Waals surface area contributed by atoms with Gasteiger partial charge in [-0.25, -0.2) is 0 Å². The van der Waals surface area contributed by atoms with Crippen LogP contribution in [0.25, 0.3) is 16.8 Å². The largest absolute Gasteiger partial charge is 0.488 e. The molecule has 5 rings (SSSR count). The molecule has 1 heterocycles. The van der Waals surface area contributed by atoms with E-state index in [2.05, 4.69) is 6.07 Å². The molecule has 0 aromatic heterocycles. The zero-order chi connectivity index (χ0) is 24.2. The Hall–Kier alpha value is -3.56. The average molecular weight is 483 g/mol. The van der Waals surface area contributed by atoms with E-state index in [4.69, 9.17) is 4.74 Å². The average Bonchev–Trinajstić information content (AvgIpc) is 3.16. The number of imide groups is 1. The normalized spacial score (nSPS) is 17.8. The molecule has 2 amide bonds. The highest BCUT2D eigenvalue weighted by Gasteiger charge is 2.36. The topological polar surface area (TPSA) is 70.4 Å². The molecule has 1 saturated carbocycles. The molecule has 0 spiro atoms. The highest BCUT2D eigenvalue weighted by atomic mass is 32.2. The lowest BCUT2D eigenvalue weighted by Crippen LogP contribution is -2.34. The Balaban J connectivity index is 1.46. The molecular weight excluding hydrogens is 456 g/mol. The van der Waals surface area contributed by atoms with E-state index in [-0.39, 0.29) is 17.8 Å². The van der Waals surface area contributed by atoms with Crippen molar-refractivity contribution in [1.29, 1.82) is 5.26 Å². The molecule has 2 fully saturated rings. The van der Waals surface area contributed by atoms with Crippen LogP contribution < -0.4 is 4.74 Å². The molecule has 6 heteroatoms. The van der Waals surface area contributed by atoms with Crippen molar-refractivity contribution >= 4 is 39.8 Å². The summed E-state index contributed by atoms with van der Waals surface area (Å²) >= 11 is 1.00. The predicted octanol–water partition coefficient (Wildman–Crippen LogP) is 6.91. The van der Waals surface area contributed by atoms with E-state index in [0.717, 1.165) is 46.5 Å². The smallest absolute Gasteiger partial charge is 0.293 e. The number of nitriles is 1. The Labute approximate surface area is 209 Å². The van der Waals surface area contributed by atoms with Crippen LogP contribution in [0.3, 0.4) is 0 Å². The lowest BCUT2D eigenvalue weighted by molar-refractivity contribution is -0.123. The summed E-state index contributed by atoms with van der Waals surface area (Å²) in [5, 5.41) is 11.2. The van der Waals surface area contributed by atoms with Gasteiger partial charge >= 0.3 is 0 Å². The van der Waals surface area contributed by atoms with E-state index in [1.807, 2.05) is 54.6 Å². The van der Waals surface area contributed by atoms with Gasteiger partial charge in [0, 0.05) is 17.7 Å².